The van der Waals surface area contributed by atoms with Crippen molar-refractivity contribution in [2.24, 2.45) is 0 Å². The summed E-state index contributed by atoms with van der Waals surface area (Å²) >= 11 is 5.46. The topological polar surface area (TPSA) is 9.23 Å². The molecule has 0 saturated heterocycles. The smallest absolute Gasteiger partial charge is 0.162 e. The molecule has 2 heteroatoms. The van der Waals surface area contributed by atoms with E-state index in [4.69, 9.17) is 16.3 Å². The molecule has 0 saturated carbocycles. The molecule has 1 rings (SSSR count). The second kappa shape index (κ2) is 3.63. The summed E-state index contributed by atoms with van der Waals surface area (Å²) in [6.45, 7) is 4.02. The first-order chi connectivity index (χ1) is 5.25. The molecule has 60 valence electrons. The van der Waals surface area contributed by atoms with Gasteiger partial charge < -0.3 is 4.74 Å². The van der Waals surface area contributed by atoms with Gasteiger partial charge in [0.15, 0.2) is 6.07 Å². The molecule has 0 aliphatic carbocycles. The highest BCUT2D eigenvalue weighted by atomic mass is 35.5. The quantitative estimate of drug-likeness (QED) is 0.621. The summed E-state index contributed by atoms with van der Waals surface area (Å²) in [6, 6.07) is 6.24. The first kappa shape index (κ1) is 8.41. The molecule has 1 aromatic carbocycles. The molecule has 0 heterocycles. The van der Waals surface area contributed by atoms with Crippen LogP contribution in [0, 0.1) is 13.8 Å². The van der Waals surface area contributed by atoms with E-state index in [1.54, 1.807) is 0 Å². The van der Waals surface area contributed by atoms with Crippen LogP contribution in [0.1, 0.15) is 11.1 Å². The van der Waals surface area contributed by atoms with Crippen LogP contribution in [0.3, 0.4) is 0 Å². The van der Waals surface area contributed by atoms with Crippen molar-refractivity contribution in [2.45, 2.75) is 13.8 Å². The maximum absolute atomic E-state index is 5.46. The van der Waals surface area contributed by atoms with Crippen molar-refractivity contribution in [2.75, 3.05) is 6.07 Å². The zero-order valence-electron chi connectivity index (χ0n) is 6.73. The summed E-state index contributed by atoms with van der Waals surface area (Å²) in [6.07, 6.45) is 0. The average molecular weight is 171 g/mol. The summed E-state index contributed by atoms with van der Waals surface area (Å²) < 4.78 is 5.23. The van der Waals surface area contributed by atoms with Crippen LogP contribution in [-0.2, 0) is 0 Å². The number of benzene rings is 1. The van der Waals surface area contributed by atoms with Crippen LogP contribution in [0.4, 0.5) is 0 Å². The molecule has 0 atom stereocenters. The minimum Gasteiger partial charge on any atom is -0.477 e. The molecule has 0 bridgehead atoms. The van der Waals surface area contributed by atoms with Crippen molar-refractivity contribution in [1.82, 2.24) is 0 Å². The molecule has 0 N–H and O–H groups in total. The first-order valence-corrected chi connectivity index (χ1v) is 4.04. The predicted molar refractivity (Wildman–Crippen MR) is 47.3 cm³/mol. The lowest BCUT2D eigenvalue weighted by atomic mass is 10.1. The highest BCUT2D eigenvalue weighted by molar-refractivity contribution is 6.17. The van der Waals surface area contributed by atoms with E-state index >= 15 is 0 Å². The molecular weight excluding hydrogens is 160 g/mol. The summed E-state index contributed by atoms with van der Waals surface area (Å²) in [7, 11) is 0. The zero-order valence-corrected chi connectivity index (χ0v) is 7.48. The van der Waals surface area contributed by atoms with E-state index in [9.17, 15) is 0 Å². The molecule has 0 aliphatic heterocycles. The number of halogens is 1. The number of para-hydroxylation sites is 1. The number of aryl methyl sites for hydroxylation is 2. The number of rotatable bonds is 2. The third-order valence-corrected chi connectivity index (χ3v) is 1.72. The molecule has 0 fully saturated rings. The highest BCUT2D eigenvalue weighted by Gasteiger charge is 2.00. The fourth-order valence-corrected chi connectivity index (χ4v) is 1.19. The Labute approximate surface area is 71.9 Å². The van der Waals surface area contributed by atoms with Crippen molar-refractivity contribution < 1.29 is 4.74 Å². The van der Waals surface area contributed by atoms with Gasteiger partial charge in [-0.2, -0.15) is 0 Å². The number of hydrogen-bond donors (Lipinski definition) is 0. The van der Waals surface area contributed by atoms with E-state index in [2.05, 4.69) is 0 Å². The third kappa shape index (κ3) is 1.87. The summed E-state index contributed by atoms with van der Waals surface area (Å²) in [5.41, 5.74) is 2.26. The largest absolute Gasteiger partial charge is 0.477 e. The van der Waals surface area contributed by atoms with Crippen molar-refractivity contribution in [3.8, 4) is 5.75 Å². The second-order valence-electron chi connectivity index (χ2n) is 2.47. The summed E-state index contributed by atoms with van der Waals surface area (Å²) in [5.74, 6) is 0.905. The number of hydrogen-bond acceptors (Lipinski definition) is 1. The minimum absolute atomic E-state index is 0.214. The highest BCUT2D eigenvalue weighted by Crippen LogP contribution is 2.22. The van der Waals surface area contributed by atoms with Crippen LogP contribution in [0.2, 0.25) is 0 Å². The van der Waals surface area contributed by atoms with Gasteiger partial charge in [-0.15, -0.1) is 0 Å². The maximum atomic E-state index is 5.46. The predicted octanol–water partition coefficient (Wildman–Crippen LogP) is 2.88. The molecule has 11 heavy (non-hydrogen) atoms. The van der Waals surface area contributed by atoms with Gasteiger partial charge >= 0.3 is 0 Å². The van der Waals surface area contributed by atoms with Crippen LogP contribution in [0.5, 0.6) is 5.75 Å². The molecule has 0 amide bonds. The molecule has 0 aromatic heterocycles. The standard InChI is InChI=1S/C9H11ClO/c1-7-4-3-5-8(2)9(7)11-6-10/h3-5H,6H2,1-2H3. The van der Waals surface area contributed by atoms with Crippen LogP contribution in [0.15, 0.2) is 18.2 Å². The first-order valence-electron chi connectivity index (χ1n) is 3.50. The monoisotopic (exact) mass is 170 g/mol. The molecule has 1 nitrogen and oxygen atoms in total. The Hall–Kier alpha value is -0.690. The fourth-order valence-electron chi connectivity index (χ4n) is 1.08. The van der Waals surface area contributed by atoms with Crippen LogP contribution >= 0.6 is 11.6 Å². The Bertz CT molecular complexity index is 225. The van der Waals surface area contributed by atoms with Gasteiger partial charge in [-0.3, -0.25) is 0 Å². The van der Waals surface area contributed by atoms with Gasteiger partial charge in [0.1, 0.15) is 5.75 Å². The van der Waals surface area contributed by atoms with E-state index in [1.807, 2.05) is 32.0 Å². The van der Waals surface area contributed by atoms with Gasteiger partial charge in [0.25, 0.3) is 0 Å². The Balaban J connectivity index is 3.00. The van der Waals surface area contributed by atoms with Crippen molar-refractivity contribution in [1.29, 1.82) is 0 Å². The van der Waals surface area contributed by atoms with Crippen molar-refractivity contribution in [3.63, 3.8) is 0 Å². The zero-order chi connectivity index (χ0) is 8.27. The fraction of sp³-hybridized carbons (Fsp3) is 0.333. The summed E-state index contributed by atoms with van der Waals surface area (Å²) in [4.78, 5) is 0. The van der Waals surface area contributed by atoms with E-state index in [0.29, 0.717) is 0 Å². The second-order valence-corrected chi connectivity index (χ2v) is 2.69. The third-order valence-electron chi connectivity index (χ3n) is 1.61. The van der Waals surface area contributed by atoms with E-state index in [-0.39, 0.29) is 6.07 Å². The van der Waals surface area contributed by atoms with Gasteiger partial charge in [0.2, 0.25) is 0 Å². The van der Waals surface area contributed by atoms with Crippen LogP contribution < -0.4 is 4.74 Å². The van der Waals surface area contributed by atoms with E-state index in [0.717, 1.165) is 16.9 Å². The van der Waals surface area contributed by atoms with Gasteiger partial charge in [-0.25, -0.2) is 0 Å². The SMILES string of the molecule is Cc1cccc(C)c1OCCl. The summed E-state index contributed by atoms with van der Waals surface area (Å²) in [5, 5.41) is 0. The van der Waals surface area contributed by atoms with Crippen molar-refractivity contribution in [3.05, 3.63) is 29.3 Å². The molecular formula is C9H11ClO. The Morgan fingerprint density at radius 2 is 1.82 bits per heavy atom. The minimum atomic E-state index is 0.214. The van der Waals surface area contributed by atoms with Crippen LogP contribution in [0.25, 0.3) is 0 Å². The normalized spacial score (nSPS) is 9.73. The Morgan fingerprint density at radius 3 is 2.27 bits per heavy atom. The van der Waals surface area contributed by atoms with Crippen LogP contribution in [-0.4, -0.2) is 6.07 Å². The Kier molecular flexibility index (Phi) is 2.77. The molecule has 0 radical (unpaired) electrons. The lowest BCUT2D eigenvalue weighted by molar-refractivity contribution is 0.382. The lowest BCUT2D eigenvalue weighted by Crippen LogP contribution is -1.93. The van der Waals surface area contributed by atoms with Crippen molar-refractivity contribution >= 4 is 11.6 Å². The lowest BCUT2D eigenvalue weighted by Gasteiger charge is -2.08. The molecule has 0 unspecified atom stereocenters. The van der Waals surface area contributed by atoms with Gasteiger partial charge in [0, 0.05) is 0 Å². The van der Waals surface area contributed by atoms with E-state index < -0.39 is 0 Å². The van der Waals surface area contributed by atoms with Gasteiger partial charge in [-0.05, 0) is 25.0 Å². The average Bonchev–Trinajstić information content (AvgIpc) is 1.97. The van der Waals surface area contributed by atoms with Gasteiger partial charge in [0.05, 0.1) is 0 Å². The molecule has 0 spiro atoms. The maximum Gasteiger partial charge on any atom is 0.162 e. The van der Waals surface area contributed by atoms with Gasteiger partial charge in [-0.1, -0.05) is 29.8 Å². The Morgan fingerprint density at radius 1 is 1.27 bits per heavy atom. The van der Waals surface area contributed by atoms with E-state index in [1.165, 1.54) is 0 Å². The number of ether oxygens (including phenoxy) is 1. The number of alkyl halides is 1. The molecule has 0 aliphatic rings. The molecule has 1 aromatic rings.